The molecule has 0 aromatic carbocycles. The Labute approximate surface area is 97.8 Å². The van der Waals surface area contributed by atoms with Crippen LogP contribution >= 0.6 is 0 Å². The molecule has 1 rings (SSSR count). The highest BCUT2D eigenvalue weighted by molar-refractivity contribution is 6.37. The Morgan fingerprint density at radius 1 is 1.33 bits per heavy atom. The van der Waals surface area contributed by atoms with Crippen LogP contribution in [0.2, 0.25) is 6.04 Å². The Balaban J connectivity index is 2.12. The number of rotatable bonds is 4. The maximum Gasteiger partial charge on any atom is 0.0558 e. The Morgan fingerprint density at radius 3 is 2.60 bits per heavy atom. The molecule has 0 N–H and O–H groups in total. The average Bonchev–Trinajstić information content (AvgIpc) is 2.14. The maximum atomic E-state index is 5.82. The minimum Gasteiger partial charge on any atom is -0.382 e. The van der Waals surface area contributed by atoms with Crippen molar-refractivity contribution in [1.82, 2.24) is 0 Å². The summed E-state index contributed by atoms with van der Waals surface area (Å²) in [4.78, 5) is 0. The lowest BCUT2D eigenvalue weighted by Crippen LogP contribution is -2.27. The summed E-state index contributed by atoms with van der Waals surface area (Å²) in [6, 6.07) is 1.47. The molecule has 0 aromatic heterocycles. The summed E-state index contributed by atoms with van der Waals surface area (Å²) < 4.78 is 5.82. The Morgan fingerprint density at radius 2 is 2.07 bits per heavy atom. The van der Waals surface area contributed by atoms with E-state index in [1.165, 1.54) is 31.7 Å². The second-order valence-corrected chi connectivity index (χ2v) is 8.50. The summed E-state index contributed by atoms with van der Waals surface area (Å²) in [5.74, 6) is 0.905. The van der Waals surface area contributed by atoms with E-state index in [9.17, 15) is 0 Å². The second-order valence-electron chi connectivity index (χ2n) is 6.44. The molecule has 2 heteroatoms. The zero-order chi connectivity index (χ0) is 11.3. The molecule has 0 amide bonds. The monoisotopic (exact) mass is 228 g/mol. The average molecular weight is 228 g/mol. The lowest BCUT2D eigenvalue weighted by Gasteiger charge is -2.26. The van der Waals surface area contributed by atoms with Crippen LogP contribution in [0.5, 0.6) is 0 Å². The Kier molecular flexibility index (Phi) is 5.34. The van der Waals surface area contributed by atoms with Crippen LogP contribution in [-0.2, 0) is 4.74 Å². The van der Waals surface area contributed by atoms with Crippen molar-refractivity contribution in [3.05, 3.63) is 0 Å². The normalized spacial score (nSPS) is 26.0. The minimum atomic E-state index is 0.0269. The largest absolute Gasteiger partial charge is 0.382 e. The van der Waals surface area contributed by atoms with Crippen molar-refractivity contribution < 1.29 is 4.74 Å². The van der Waals surface area contributed by atoms with Crippen LogP contribution < -0.4 is 0 Å². The fourth-order valence-corrected chi connectivity index (χ4v) is 4.71. The van der Waals surface area contributed by atoms with Gasteiger partial charge in [-0.15, -0.1) is 0 Å². The summed E-state index contributed by atoms with van der Waals surface area (Å²) in [7, 11) is 0.0269. The van der Waals surface area contributed by atoms with Gasteiger partial charge in [-0.05, 0) is 37.0 Å². The van der Waals surface area contributed by atoms with Gasteiger partial charge in [-0.2, -0.15) is 0 Å². The topological polar surface area (TPSA) is 9.23 Å². The molecule has 1 fully saturated rings. The lowest BCUT2D eigenvalue weighted by atomic mass is 9.86. The van der Waals surface area contributed by atoms with Gasteiger partial charge in [-0.1, -0.05) is 33.7 Å². The van der Waals surface area contributed by atoms with Crippen molar-refractivity contribution in [2.24, 2.45) is 11.3 Å². The highest BCUT2D eigenvalue weighted by atomic mass is 28.2. The van der Waals surface area contributed by atoms with Gasteiger partial charge < -0.3 is 4.74 Å². The molecule has 90 valence electrons. The first-order chi connectivity index (χ1) is 6.97. The third-order valence-corrected chi connectivity index (χ3v) is 5.82. The quantitative estimate of drug-likeness (QED) is 0.672. The zero-order valence-corrected chi connectivity index (χ0v) is 12.4. The lowest BCUT2D eigenvalue weighted by molar-refractivity contribution is 0.0646. The molecule has 1 nitrogen and oxygen atoms in total. The van der Waals surface area contributed by atoms with Gasteiger partial charge >= 0.3 is 0 Å². The van der Waals surface area contributed by atoms with Crippen LogP contribution in [0.25, 0.3) is 0 Å². The van der Waals surface area contributed by atoms with Gasteiger partial charge in [0.1, 0.15) is 0 Å². The van der Waals surface area contributed by atoms with Crippen molar-refractivity contribution in [2.75, 3.05) is 6.61 Å². The summed E-state index contributed by atoms with van der Waals surface area (Å²) in [6.45, 7) is 10.5. The first kappa shape index (κ1) is 13.2. The molecular weight excluding hydrogens is 200 g/mol. The van der Waals surface area contributed by atoms with Crippen LogP contribution in [0.1, 0.15) is 53.4 Å². The smallest absolute Gasteiger partial charge is 0.0558 e. The second kappa shape index (κ2) is 6.05. The third-order valence-electron chi connectivity index (χ3n) is 3.22. The van der Waals surface area contributed by atoms with Gasteiger partial charge in [-0.3, -0.25) is 0 Å². The van der Waals surface area contributed by atoms with E-state index in [2.05, 4.69) is 27.7 Å². The highest BCUT2D eigenvalue weighted by Crippen LogP contribution is 2.26. The Hall–Kier alpha value is 0.177. The third kappa shape index (κ3) is 6.36. The fraction of sp³-hybridized carbons (Fsp3) is 1.00. The Bertz CT molecular complexity index is 168. The van der Waals surface area contributed by atoms with Crippen LogP contribution in [-0.4, -0.2) is 21.9 Å². The van der Waals surface area contributed by atoms with Crippen LogP contribution in [0.3, 0.4) is 0 Å². The summed E-state index contributed by atoms with van der Waals surface area (Å²) in [6.07, 6.45) is 5.43. The van der Waals surface area contributed by atoms with Crippen molar-refractivity contribution in [3.8, 4) is 0 Å². The molecule has 15 heavy (non-hydrogen) atoms. The minimum absolute atomic E-state index is 0.0269. The summed E-state index contributed by atoms with van der Waals surface area (Å²) in [5, 5.41) is 0. The predicted octanol–water partition coefficient (Wildman–Crippen LogP) is 3.17. The van der Waals surface area contributed by atoms with Crippen molar-refractivity contribution in [1.29, 1.82) is 0 Å². The van der Waals surface area contributed by atoms with Crippen molar-refractivity contribution in [3.63, 3.8) is 0 Å². The molecule has 1 saturated heterocycles. The standard InChI is InChI=1S/C13H28OSi/c1-11(9-13(2,3)4)10-15-12-7-5-6-8-14-12/h11-12H,5-10,15H2,1-4H3. The van der Waals surface area contributed by atoms with Gasteiger partial charge in [0, 0.05) is 12.3 Å². The molecule has 0 bridgehead atoms. The van der Waals surface area contributed by atoms with E-state index in [1.807, 2.05) is 0 Å². The molecule has 0 aromatic rings. The van der Waals surface area contributed by atoms with Gasteiger partial charge in [0.2, 0.25) is 0 Å². The van der Waals surface area contributed by atoms with Crippen molar-refractivity contribution >= 4 is 9.52 Å². The number of hydrogen-bond donors (Lipinski definition) is 0. The molecule has 1 heterocycles. The molecule has 0 saturated carbocycles. The van der Waals surface area contributed by atoms with E-state index in [0.717, 1.165) is 12.5 Å². The van der Waals surface area contributed by atoms with Crippen LogP contribution in [0.15, 0.2) is 0 Å². The van der Waals surface area contributed by atoms with E-state index >= 15 is 0 Å². The van der Waals surface area contributed by atoms with Gasteiger partial charge in [0.05, 0.1) is 9.52 Å². The molecule has 2 atom stereocenters. The SMILES string of the molecule is CC(C[SiH2]C1CCCCO1)CC(C)(C)C. The van der Waals surface area contributed by atoms with Gasteiger partial charge in [-0.25, -0.2) is 0 Å². The van der Waals surface area contributed by atoms with Gasteiger partial charge in [0.25, 0.3) is 0 Å². The first-order valence-corrected chi connectivity index (χ1v) is 8.40. The molecule has 2 unspecified atom stereocenters. The van der Waals surface area contributed by atoms with Crippen LogP contribution in [0, 0.1) is 11.3 Å². The van der Waals surface area contributed by atoms with Crippen molar-refractivity contribution in [2.45, 2.75) is 65.1 Å². The van der Waals surface area contributed by atoms with E-state index in [-0.39, 0.29) is 9.52 Å². The molecule has 0 spiro atoms. The number of hydrogen-bond acceptors (Lipinski definition) is 1. The maximum absolute atomic E-state index is 5.82. The molecule has 1 aliphatic rings. The first-order valence-electron chi connectivity index (χ1n) is 6.59. The highest BCUT2D eigenvalue weighted by Gasteiger charge is 2.18. The van der Waals surface area contributed by atoms with E-state index in [4.69, 9.17) is 4.74 Å². The zero-order valence-electron chi connectivity index (χ0n) is 11.0. The summed E-state index contributed by atoms with van der Waals surface area (Å²) in [5.41, 5.74) is 1.21. The molecule has 0 radical (unpaired) electrons. The molecule has 0 aliphatic carbocycles. The molecular formula is C13H28OSi. The van der Waals surface area contributed by atoms with Crippen LogP contribution in [0.4, 0.5) is 0 Å². The van der Waals surface area contributed by atoms with E-state index in [0.29, 0.717) is 11.1 Å². The molecule has 1 aliphatic heterocycles. The fourth-order valence-electron chi connectivity index (χ4n) is 2.65. The summed E-state index contributed by atoms with van der Waals surface area (Å²) >= 11 is 0. The van der Waals surface area contributed by atoms with E-state index in [1.54, 1.807) is 0 Å². The van der Waals surface area contributed by atoms with E-state index < -0.39 is 0 Å². The number of ether oxygens (including phenoxy) is 1. The predicted molar refractivity (Wildman–Crippen MR) is 70.2 cm³/mol. The van der Waals surface area contributed by atoms with Gasteiger partial charge in [0.15, 0.2) is 0 Å².